The van der Waals surface area contributed by atoms with Gasteiger partial charge in [-0.3, -0.25) is 0 Å². The normalized spacial score (nSPS) is 12.7. The first-order chi connectivity index (χ1) is 8.87. The van der Waals surface area contributed by atoms with E-state index in [2.05, 4.69) is 10.5 Å². The van der Waals surface area contributed by atoms with Gasteiger partial charge in [-0.25, -0.2) is 0 Å². The van der Waals surface area contributed by atoms with Gasteiger partial charge in [-0.05, 0) is 37.3 Å². The fraction of sp³-hybridized carbons (Fsp3) is 0.571. The molecule has 0 aliphatic carbocycles. The first kappa shape index (κ1) is 16.2. The number of hydrogen-bond donors (Lipinski definition) is 0. The Balaban J connectivity index is 2.78. The summed E-state index contributed by atoms with van der Waals surface area (Å²) in [5, 5.41) is 0. The third-order valence-electron chi connectivity index (χ3n) is 3.63. The lowest BCUT2D eigenvalue weighted by molar-refractivity contribution is -0.137. The van der Waals surface area contributed by atoms with Crippen LogP contribution >= 0.6 is 0 Å². The average Bonchev–Trinajstić information content (AvgIpc) is 2.40. The van der Waals surface area contributed by atoms with Crippen LogP contribution < -0.4 is 0 Å². The SMILES string of the molecule is CCC(CC)(CCc1cccc(C(F)(F)F)c1)O[Si]. The van der Waals surface area contributed by atoms with Crippen molar-refractivity contribution < 1.29 is 17.6 Å². The smallest absolute Gasteiger partial charge is 0.413 e. The molecule has 1 rings (SSSR count). The van der Waals surface area contributed by atoms with Crippen LogP contribution in [0.1, 0.15) is 44.2 Å². The maximum Gasteiger partial charge on any atom is 0.416 e. The third kappa shape index (κ3) is 4.35. The predicted molar refractivity (Wildman–Crippen MR) is 69.9 cm³/mol. The van der Waals surface area contributed by atoms with Crippen molar-refractivity contribution in [3.8, 4) is 0 Å². The van der Waals surface area contributed by atoms with Gasteiger partial charge in [0, 0.05) is 0 Å². The van der Waals surface area contributed by atoms with E-state index in [1.165, 1.54) is 12.1 Å². The van der Waals surface area contributed by atoms with Crippen molar-refractivity contribution in [2.24, 2.45) is 0 Å². The molecule has 1 aromatic carbocycles. The fourth-order valence-corrected chi connectivity index (χ4v) is 2.46. The van der Waals surface area contributed by atoms with E-state index in [9.17, 15) is 13.2 Å². The first-order valence-corrected chi connectivity index (χ1v) is 6.78. The Labute approximate surface area is 115 Å². The van der Waals surface area contributed by atoms with Crippen LogP contribution in [0.5, 0.6) is 0 Å². The zero-order chi connectivity index (χ0) is 14.5. The highest BCUT2D eigenvalue weighted by atomic mass is 28.2. The van der Waals surface area contributed by atoms with Gasteiger partial charge in [-0.15, -0.1) is 0 Å². The quantitative estimate of drug-likeness (QED) is 0.709. The summed E-state index contributed by atoms with van der Waals surface area (Å²) in [4.78, 5) is 0. The van der Waals surface area contributed by atoms with Crippen molar-refractivity contribution in [2.75, 3.05) is 0 Å². The molecule has 0 aromatic heterocycles. The van der Waals surface area contributed by atoms with Crippen LogP contribution in [0.2, 0.25) is 0 Å². The largest absolute Gasteiger partial charge is 0.416 e. The molecule has 0 aliphatic heterocycles. The molecule has 105 valence electrons. The van der Waals surface area contributed by atoms with Crippen LogP contribution in [-0.2, 0) is 17.0 Å². The van der Waals surface area contributed by atoms with E-state index >= 15 is 0 Å². The summed E-state index contributed by atoms with van der Waals surface area (Å²) in [6, 6.07) is 5.48. The van der Waals surface area contributed by atoms with Gasteiger partial charge in [-0.1, -0.05) is 32.0 Å². The molecule has 0 atom stereocenters. The van der Waals surface area contributed by atoms with Crippen LogP contribution in [0.15, 0.2) is 24.3 Å². The number of hydrogen-bond acceptors (Lipinski definition) is 1. The Morgan fingerprint density at radius 3 is 2.26 bits per heavy atom. The van der Waals surface area contributed by atoms with Crippen LogP contribution in [0, 0.1) is 0 Å². The minimum atomic E-state index is -4.28. The molecule has 0 N–H and O–H groups in total. The van der Waals surface area contributed by atoms with Crippen LogP contribution in [0.4, 0.5) is 13.2 Å². The van der Waals surface area contributed by atoms with Crippen molar-refractivity contribution in [3.05, 3.63) is 35.4 Å². The Morgan fingerprint density at radius 1 is 1.16 bits per heavy atom. The second-order valence-electron chi connectivity index (χ2n) is 4.69. The lowest BCUT2D eigenvalue weighted by atomic mass is 9.89. The molecule has 0 fully saturated rings. The van der Waals surface area contributed by atoms with Gasteiger partial charge in [0.05, 0.1) is 11.2 Å². The van der Waals surface area contributed by atoms with Gasteiger partial charge >= 0.3 is 6.18 Å². The molecular weight excluding hydrogens is 269 g/mol. The summed E-state index contributed by atoms with van der Waals surface area (Å²) >= 11 is 0. The molecule has 0 heterocycles. The Hall–Kier alpha value is -0.813. The van der Waals surface area contributed by atoms with Gasteiger partial charge in [0.15, 0.2) is 0 Å². The number of benzene rings is 1. The minimum absolute atomic E-state index is 0.314. The second-order valence-corrected chi connectivity index (χ2v) is 4.89. The van der Waals surface area contributed by atoms with E-state index in [0.717, 1.165) is 18.9 Å². The molecule has 0 saturated heterocycles. The van der Waals surface area contributed by atoms with Crippen molar-refractivity contribution in [1.29, 1.82) is 0 Å². The van der Waals surface area contributed by atoms with Gasteiger partial charge in [0.25, 0.3) is 0 Å². The zero-order valence-corrected chi connectivity index (χ0v) is 12.2. The Bertz CT molecular complexity index is 392. The summed E-state index contributed by atoms with van der Waals surface area (Å²) in [6.07, 6.45) is -1.41. The highest BCUT2D eigenvalue weighted by Crippen LogP contribution is 2.31. The highest BCUT2D eigenvalue weighted by Gasteiger charge is 2.30. The van der Waals surface area contributed by atoms with Gasteiger partial charge < -0.3 is 4.43 Å². The Kier molecular flexibility index (Phi) is 5.61. The number of halogens is 3. The van der Waals surface area contributed by atoms with E-state index in [1.54, 1.807) is 6.07 Å². The fourth-order valence-electron chi connectivity index (χ4n) is 2.07. The monoisotopic (exact) mass is 287 g/mol. The summed E-state index contributed by atoms with van der Waals surface area (Å²) < 4.78 is 43.2. The molecular formula is C14H18F3OSi. The van der Waals surface area contributed by atoms with Crippen molar-refractivity contribution in [3.63, 3.8) is 0 Å². The third-order valence-corrected chi connectivity index (χ3v) is 4.06. The van der Waals surface area contributed by atoms with E-state index < -0.39 is 11.7 Å². The van der Waals surface area contributed by atoms with Crippen LogP contribution in [0.3, 0.4) is 0 Å². The zero-order valence-electron chi connectivity index (χ0n) is 11.2. The molecule has 0 aliphatic rings. The summed E-state index contributed by atoms with van der Waals surface area (Å²) in [7, 11) is 3.08. The molecule has 0 saturated carbocycles. The molecule has 3 radical (unpaired) electrons. The van der Waals surface area contributed by atoms with Crippen LogP contribution in [0.25, 0.3) is 0 Å². The molecule has 19 heavy (non-hydrogen) atoms. The number of aryl methyl sites for hydroxylation is 1. The van der Waals surface area contributed by atoms with Crippen molar-refractivity contribution >= 4 is 10.5 Å². The number of rotatable bonds is 6. The summed E-state index contributed by atoms with van der Waals surface area (Å²) in [5.41, 5.74) is -0.224. The topological polar surface area (TPSA) is 9.23 Å². The standard InChI is InChI=1S/C14H18F3OSi/c1-3-13(4-2,18-19)9-8-11-6-5-7-12(10-11)14(15,16)17/h5-7,10H,3-4,8-9H2,1-2H3. The van der Waals surface area contributed by atoms with E-state index in [-0.39, 0.29) is 5.60 Å². The lowest BCUT2D eigenvalue weighted by Gasteiger charge is -2.30. The summed E-state index contributed by atoms with van der Waals surface area (Å²) in [5.74, 6) is 0. The molecule has 0 amide bonds. The van der Waals surface area contributed by atoms with E-state index in [0.29, 0.717) is 18.4 Å². The average molecular weight is 287 g/mol. The maximum atomic E-state index is 12.6. The van der Waals surface area contributed by atoms with Gasteiger partial charge in [0.2, 0.25) is 10.5 Å². The van der Waals surface area contributed by atoms with Crippen molar-refractivity contribution in [1.82, 2.24) is 0 Å². The first-order valence-electron chi connectivity index (χ1n) is 6.37. The molecule has 0 spiro atoms. The number of alkyl halides is 3. The van der Waals surface area contributed by atoms with Gasteiger partial charge in [-0.2, -0.15) is 13.2 Å². The van der Waals surface area contributed by atoms with Crippen molar-refractivity contribution in [2.45, 2.75) is 51.3 Å². The molecule has 5 heteroatoms. The van der Waals surface area contributed by atoms with Gasteiger partial charge in [0.1, 0.15) is 0 Å². The second kappa shape index (κ2) is 6.57. The molecule has 1 aromatic rings. The predicted octanol–water partition coefficient (Wildman–Crippen LogP) is 4.30. The molecule has 0 unspecified atom stereocenters. The lowest BCUT2D eigenvalue weighted by Crippen LogP contribution is -2.30. The Morgan fingerprint density at radius 2 is 1.79 bits per heavy atom. The summed E-state index contributed by atoms with van der Waals surface area (Å²) in [6.45, 7) is 4.02. The molecule has 0 bridgehead atoms. The minimum Gasteiger partial charge on any atom is -0.413 e. The van der Waals surface area contributed by atoms with Crippen LogP contribution in [-0.4, -0.2) is 16.1 Å². The highest BCUT2D eigenvalue weighted by molar-refractivity contribution is 5.98. The van der Waals surface area contributed by atoms with E-state index in [4.69, 9.17) is 4.43 Å². The molecule has 1 nitrogen and oxygen atoms in total. The van der Waals surface area contributed by atoms with E-state index in [1.807, 2.05) is 13.8 Å². The maximum absolute atomic E-state index is 12.6.